The van der Waals surface area contributed by atoms with Crippen LogP contribution >= 0.6 is 0 Å². The lowest BCUT2D eigenvalue weighted by Crippen LogP contribution is -2.39. The van der Waals surface area contributed by atoms with Crippen molar-refractivity contribution in [2.75, 3.05) is 23.6 Å². The van der Waals surface area contributed by atoms with Crippen molar-refractivity contribution < 1.29 is 22.7 Å². The van der Waals surface area contributed by atoms with Gasteiger partial charge >= 0.3 is 12.1 Å². The van der Waals surface area contributed by atoms with E-state index in [9.17, 15) is 18.0 Å². The average Bonchev–Trinajstić information content (AvgIpc) is 2.97. The van der Waals surface area contributed by atoms with E-state index < -0.39 is 22.0 Å². The Hall–Kier alpha value is -5.16. The quantitative estimate of drug-likeness (QED) is 0.110. The number of rotatable bonds is 9. The number of anilines is 2. The minimum absolute atomic E-state index is 0.145. The first-order chi connectivity index (χ1) is 20.1. The van der Waals surface area contributed by atoms with Crippen LogP contribution in [0.3, 0.4) is 0 Å². The smallest absolute Gasteiger partial charge is 0.412 e. The van der Waals surface area contributed by atoms with Gasteiger partial charge in [-0.05, 0) is 48.4 Å². The molecular formula is C31H31N5O5S. The lowest BCUT2D eigenvalue weighted by Gasteiger charge is -2.25. The molecule has 0 aliphatic rings. The van der Waals surface area contributed by atoms with Gasteiger partial charge in [0.15, 0.2) is 9.84 Å². The van der Waals surface area contributed by atoms with Gasteiger partial charge in [0, 0.05) is 23.1 Å². The van der Waals surface area contributed by atoms with Crippen molar-refractivity contribution in [1.29, 1.82) is 5.41 Å². The zero-order valence-electron chi connectivity index (χ0n) is 23.1. The van der Waals surface area contributed by atoms with Crippen molar-refractivity contribution in [3.63, 3.8) is 0 Å². The summed E-state index contributed by atoms with van der Waals surface area (Å²) in [7, 11) is -3.42. The lowest BCUT2D eigenvalue weighted by molar-refractivity contribution is 0.158. The molecule has 0 heterocycles. The molecule has 4 N–H and O–H groups in total. The molecule has 11 heteroatoms. The average molecular weight is 586 g/mol. The van der Waals surface area contributed by atoms with E-state index in [1.165, 1.54) is 11.3 Å². The summed E-state index contributed by atoms with van der Waals surface area (Å²) in [5, 5.41) is 14.8. The van der Waals surface area contributed by atoms with E-state index in [0.29, 0.717) is 28.1 Å². The fourth-order valence-electron chi connectivity index (χ4n) is 4.12. The van der Waals surface area contributed by atoms with Crippen molar-refractivity contribution in [3.05, 3.63) is 114 Å². The number of ether oxygens (including phenoxy) is 1. The number of hydrogen-bond donors (Lipinski definition) is 4. The molecule has 42 heavy (non-hydrogen) atoms. The standard InChI is InChI=1S/C31H31N5O5S/c1-3-41-31(38)34-29(32)24-12-9-13-26(20-24)35-36(21-22-10-5-4-6-11-22)30(37)33-25-18-16-23(17-19-25)27-14-7-8-15-28(27)42(2,39)40/h4-20,35H,3,21H2,1-2H3,(H,33,37)(H2,32,34,38). The Morgan fingerprint density at radius 1 is 0.857 bits per heavy atom. The number of urea groups is 1. The predicted molar refractivity (Wildman–Crippen MR) is 163 cm³/mol. The van der Waals surface area contributed by atoms with Crippen molar-refractivity contribution in [3.8, 4) is 11.1 Å². The molecular weight excluding hydrogens is 554 g/mol. The van der Waals surface area contributed by atoms with Gasteiger partial charge in [0.1, 0.15) is 5.84 Å². The Labute approximate surface area is 244 Å². The predicted octanol–water partition coefficient (Wildman–Crippen LogP) is 5.89. The molecule has 0 aromatic heterocycles. The van der Waals surface area contributed by atoms with E-state index in [-0.39, 0.29) is 23.9 Å². The highest BCUT2D eigenvalue weighted by atomic mass is 32.2. The molecule has 0 atom stereocenters. The Morgan fingerprint density at radius 3 is 2.24 bits per heavy atom. The minimum Gasteiger partial charge on any atom is -0.450 e. The summed E-state index contributed by atoms with van der Waals surface area (Å²) >= 11 is 0. The van der Waals surface area contributed by atoms with Crippen LogP contribution < -0.4 is 16.1 Å². The molecule has 216 valence electrons. The first-order valence-corrected chi connectivity index (χ1v) is 14.9. The van der Waals surface area contributed by atoms with Crippen LogP contribution in [0.5, 0.6) is 0 Å². The van der Waals surface area contributed by atoms with Crippen LogP contribution in [-0.2, 0) is 21.1 Å². The van der Waals surface area contributed by atoms with Gasteiger partial charge in [-0.1, -0.05) is 72.8 Å². The summed E-state index contributed by atoms with van der Waals surface area (Å²) in [4.78, 5) is 25.4. The van der Waals surface area contributed by atoms with Crippen molar-refractivity contribution in [2.24, 2.45) is 0 Å². The molecule has 4 aromatic rings. The number of benzene rings is 4. The van der Waals surface area contributed by atoms with Gasteiger partial charge in [-0.3, -0.25) is 16.2 Å². The van der Waals surface area contributed by atoms with E-state index in [0.717, 1.165) is 5.56 Å². The van der Waals surface area contributed by atoms with Gasteiger partial charge in [-0.25, -0.2) is 23.0 Å². The SMILES string of the molecule is CCOC(=O)NC(=N)c1cccc(NN(Cc2ccccc2)C(=O)Nc2ccc(-c3ccccc3S(C)(=O)=O)cc2)c1. The molecule has 0 aliphatic heterocycles. The third kappa shape index (κ3) is 7.95. The van der Waals surface area contributed by atoms with Gasteiger partial charge < -0.3 is 10.1 Å². The van der Waals surface area contributed by atoms with Gasteiger partial charge in [-0.15, -0.1) is 0 Å². The zero-order chi connectivity index (χ0) is 30.1. The van der Waals surface area contributed by atoms with Gasteiger partial charge in [0.05, 0.1) is 23.7 Å². The Morgan fingerprint density at radius 2 is 1.55 bits per heavy atom. The normalized spacial score (nSPS) is 10.8. The highest BCUT2D eigenvalue weighted by Crippen LogP contribution is 2.28. The second-order valence-electron chi connectivity index (χ2n) is 9.26. The third-order valence-electron chi connectivity index (χ3n) is 6.08. The van der Waals surface area contributed by atoms with Gasteiger partial charge in [0.25, 0.3) is 0 Å². The number of carbonyl (C=O) groups is 2. The second-order valence-corrected chi connectivity index (χ2v) is 11.2. The summed E-state index contributed by atoms with van der Waals surface area (Å²) in [6.07, 6.45) is 0.446. The summed E-state index contributed by atoms with van der Waals surface area (Å²) in [6.45, 7) is 2.07. The molecule has 10 nitrogen and oxygen atoms in total. The summed E-state index contributed by atoms with van der Waals surface area (Å²) in [5.41, 5.74) is 6.69. The highest BCUT2D eigenvalue weighted by Gasteiger charge is 2.17. The Bertz CT molecular complexity index is 1680. The van der Waals surface area contributed by atoms with E-state index in [1.54, 1.807) is 79.7 Å². The maximum atomic E-state index is 13.5. The van der Waals surface area contributed by atoms with Crippen LogP contribution in [-0.4, -0.2) is 44.2 Å². The fraction of sp³-hybridized carbons (Fsp3) is 0.129. The molecule has 0 spiro atoms. The molecule has 0 bridgehead atoms. The van der Waals surface area contributed by atoms with E-state index >= 15 is 0 Å². The maximum absolute atomic E-state index is 13.5. The summed E-state index contributed by atoms with van der Waals surface area (Å²) in [6, 6.07) is 29.4. The number of sulfone groups is 1. The van der Waals surface area contributed by atoms with Crippen LogP contribution in [0.1, 0.15) is 18.1 Å². The highest BCUT2D eigenvalue weighted by molar-refractivity contribution is 7.90. The number of alkyl carbamates (subject to hydrolysis) is 1. The molecule has 0 aliphatic carbocycles. The minimum atomic E-state index is -3.42. The molecule has 3 amide bonds. The Balaban J connectivity index is 1.53. The van der Waals surface area contributed by atoms with E-state index in [1.807, 2.05) is 30.3 Å². The molecule has 0 radical (unpaired) electrons. The fourth-order valence-corrected chi connectivity index (χ4v) is 5.03. The number of nitrogens with one attached hydrogen (secondary N) is 4. The summed E-state index contributed by atoms with van der Waals surface area (Å²) in [5.74, 6) is -0.145. The van der Waals surface area contributed by atoms with Gasteiger partial charge in [-0.2, -0.15) is 0 Å². The van der Waals surface area contributed by atoms with E-state index in [4.69, 9.17) is 10.1 Å². The molecule has 4 aromatic carbocycles. The van der Waals surface area contributed by atoms with E-state index in [2.05, 4.69) is 16.1 Å². The van der Waals surface area contributed by atoms with Crippen molar-refractivity contribution in [2.45, 2.75) is 18.4 Å². The number of amides is 3. The maximum Gasteiger partial charge on any atom is 0.412 e. The molecule has 0 unspecified atom stereocenters. The number of hydrazine groups is 1. The first-order valence-electron chi connectivity index (χ1n) is 13.1. The Kier molecular flexibility index (Phi) is 9.56. The van der Waals surface area contributed by atoms with Crippen LogP contribution in [0.15, 0.2) is 108 Å². The third-order valence-corrected chi connectivity index (χ3v) is 7.24. The van der Waals surface area contributed by atoms with Crippen LogP contribution in [0.4, 0.5) is 21.0 Å². The van der Waals surface area contributed by atoms with Gasteiger partial charge in [0.2, 0.25) is 0 Å². The lowest BCUT2D eigenvalue weighted by atomic mass is 10.1. The van der Waals surface area contributed by atoms with Crippen molar-refractivity contribution >= 4 is 39.2 Å². The summed E-state index contributed by atoms with van der Waals surface area (Å²) < 4.78 is 29.3. The number of nitrogens with zero attached hydrogens (tertiary/aromatic N) is 1. The first kappa shape index (κ1) is 29.8. The van der Waals surface area contributed by atoms with Crippen LogP contribution in [0.25, 0.3) is 11.1 Å². The molecule has 0 saturated heterocycles. The van der Waals surface area contributed by atoms with Crippen LogP contribution in [0.2, 0.25) is 0 Å². The van der Waals surface area contributed by atoms with Crippen LogP contribution in [0, 0.1) is 5.41 Å². The molecule has 0 saturated carbocycles. The monoisotopic (exact) mass is 585 g/mol. The second kappa shape index (κ2) is 13.5. The molecule has 4 rings (SSSR count). The topological polar surface area (TPSA) is 141 Å². The largest absolute Gasteiger partial charge is 0.450 e. The number of carbonyl (C=O) groups excluding carboxylic acids is 2. The molecule has 0 fully saturated rings. The number of amidine groups is 1. The zero-order valence-corrected chi connectivity index (χ0v) is 23.9. The number of hydrogen-bond acceptors (Lipinski definition) is 7. The van der Waals surface area contributed by atoms with Crippen molar-refractivity contribution in [1.82, 2.24) is 10.3 Å².